The van der Waals surface area contributed by atoms with Crippen molar-refractivity contribution in [2.24, 2.45) is 5.92 Å². The Morgan fingerprint density at radius 1 is 1.10 bits per heavy atom. The van der Waals surface area contributed by atoms with Gasteiger partial charge in [-0.2, -0.15) is 0 Å². The topological polar surface area (TPSA) is 103 Å². The van der Waals surface area contributed by atoms with Crippen molar-refractivity contribution in [3.8, 4) is 17.2 Å². The Labute approximate surface area is 227 Å². The van der Waals surface area contributed by atoms with E-state index in [1.807, 2.05) is 35.0 Å². The number of rotatable bonds is 10. The van der Waals surface area contributed by atoms with Crippen LogP contribution >= 0.6 is 0 Å². The predicted molar refractivity (Wildman–Crippen MR) is 145 cm³/mol. The maximum Gasteiger partial charge on any atom is 0.295 e. The number of ketones is 1. The third-order valence-electron chi connectivity index (χ3n) is 6.87. The summed E-state index contributed by atoms with van der Waals surface area (Å²) in [5.74, 6) is 0.589. The Morgan fingerprint density at radius 3 is 2.69 bits per heavy atom. The Morgan fingerprint density at radius 2 is 1.92 bits per heavy atom. The number of aryl methyl sites for hydroxylation is 1. The molecule has 0 saturated carbocycles. The van der Waals surface area contributed by atoms with Crippen molar-refractivity contribution in [3.63, 3.8) is 0 Å². The lowest BCUT2D eigenvalue weighted by Crippen LogP contribution is -2.31. The van der Waals surface area contributed by atoms with Gasteiger partial charge in [0.2, 0.25) is 0 Å². The zero-order chi connectivity index (χ0) is 27.4. The summed E-state index contributed by atoms with van der Waals surface area (Å²) < 4.78 is 19.2. The van der Waals surface area contributed by atoms with Crippen LogP contribution in [-0.4, -0.2) is 57.6 Å². The SMILES string of the molecule is CC(C)CCOc1cccc(C2C(=C(O)c3ccc4c(c3)OCCO4)C(=O)C(=O)N2CCCn2ccnc2)c1. The number of ether oxygens (including phenoxy) is 3. The van der Waals surface area contributed by atoms with Gasteiger partial charge in [0, 0.05) is 31.0 Å². The van der Waals surface area contributed by atoms with Gasteiger partial charge < -0.3 is 28.8 Å². The van der Waals surface area contributed by atoms with Crippen LogP contribution in [0.15, 0.2) is 66.8 Å². The van der Waals surface area contributed by atoms with Gasteiger partial charge in [-0.1, -0.05) is 26.0 Å². The summed E-state index contributed by atoms with van der Waals surface area (Å²) in [5.41, 5.74) is 1.11. The number of Topliss-reactive ketones (excluding diaryl/α,β-unsaturated/α-hetero) is 1. The second kappa shape index (κ2) is 11.6. The van der Waals surface area contributed by atoms with Crippen LogP contribution in [0.3, 0.4) is 0 Å². The molecule has 1 saturated heterocycles. The molecule has 3 heterocycles. The number of aliphatic hydroxyl groups is 1. The van der Waals surface area contributed by atoms with Crippen molar-refractivity contribution in [1.82, 2.24) is 14.5 Å². The molecule has 3 aromatic rings. The smallest absolute Gasteiger partial charge is 0.295 e. The standard InChI is InChI=1S/C30H33N3O6/c1-20(2)9-14-37-23-6-3-5-21(17-23)27-26(28(34)22-7-8-24-25(18-22)39-16-15-38-24)29(35)30(36)33(27)12-4-11-32-13-10-31-19-32/h3,5-8,10,13,17-20,27,34H,4,9,11-12,14-16H2,1-2H3. The summed E-state index contributed by atoms with van der Waals surface area (Å²) in [6.45, 7) is 6.62. The molecule has 1 N–H and O–H groups in total. The molecule has 0 aliphatic carbocycles. The molecule has 1 aromatic heterocycles. The average Bonchev–Trinajstić information content (AvgIpc) is 3.55. The molecule has 39 heavy (non-hydrogen) atoms. The maximum atomic E-state index is 13.4. The first-order valence-corrected chi connectivity index (χ1v) is 13.3. The fraction of sp³-hybridized carbons (Fsp3) is 0.367. The minimum Gasteiger partial charge on any atom is -0.507 e. The van der Waals surface area contributed by atoms with Crippen LogP contribution in [0.25, 0.3) is 5.76 Å². The van der Waals surface area contributed by atoms with Crippen molar-refractivity contribution >= 4 is 17.4 Å². The molecule has 1 atom stereocenters. The lowest BCUT2D eigenvalue weighted by molar-refractivity contribution is -0.139. The van der Waals surface area contributed by atoms with E-state index in [4.69, 9.17) is 14.2 Å². The highest BCUT2D eigenvalue weighted by Crippen LogP contribution is 2.41. The number of amides is 1. The number of benzene rings is 2. The van der Waals surface area contributed by atoms with Crippen molar-refractivity contribution < 1.29 is 28.9 Å². The molecular formula is C30H33N3O6. The second-order valence-corrected chi connectivity index (χ2v) is 10.1. The predicted octanol–water partition coefficient (Wildman–Crippen LogP) is 4.59. The second-order valence-electron chi connectivity index (χ2n) is 10.1. The maximum absolute atomic E-state index is 13.4. The van der Waals surface area contributed by atoms with Crippen LogP contribution < -0.4 is 14.2 Å². The van der Waals surface area contributed by atoms with E-state index in [0.717, 1.165) is 6.42 Å². The molecule has 204 valence electrons. The number of carbonyl (C=O) groups excluding carboxylic acids is 2. The zero-order valence-corrected chi connectivity index (χ0v) is 22.2. The summed E-state index contributed by atoms with van der Waals surface area (Å²) in [4.78, 5) is 32.3. The van der Waals surface area contributed by atoms with Gasteiger partial charge in [0.15, 0.2) is 11.5 Å². The molecule has 9 heteroatoms. The number of nitrogens with zero attached hydrogens (tertiary/aromatic N) is 3. The fourth-order valence-corrected chi connectivity index (χ4v) is 4.83. The Kier molecular flexibility index (Phi) is 7.86. The van der Waals surface area contributed by atoms with Crippen LogP contribution in [0.1, 0.15) is 43.9 Å². The van der Waals surface area contributed by atoms with Crippen LogP contribution in [0.2, 0.25) is 0 Å². The van der Waals surface area contributed by atoms with Crippen molar-refractivity contribution in [1.29, 1.82) is 0 Å². The van der Waals surface area contributed by atoms with E-state index in [0.29, 0.717) is 73.6 Å². The number of fused-ring (bicyclic) bond motifs is 1. The minimum absolute atomic E-state index is 0.0404. The lowest BCUT2D eigenvalue weighted by atomic mass is 9.95. The molecule has 0 spiro atoms. The molecule has 9 nitrogen and oxygen atoms in total. The number of aliphatic hydroxyl groups excluding tert-OH is 1. The molecule has 0 radical (unpaired) electrons. The van der Waals surface area contributed by atoms with E-state index in [9.17, 15) is 14.7 Å². The summed E-state index contributed by atoms with van der Waals surface area (Å²) >= 11 is 0. The van der Waals surface area contributed by atoms with Crippen molar-refractivity contribution in [2.45, 2.75) is 39.3 Å². The molecule has 2 aliphatic rings. The number of aromatic nitrogens is 2. The Balaban J connectivity index is 1.50. The Bertz CT molecular complexity index is 1360. The van der Waals surface area contributed by atoms with Gasteiger partial charge in [-0.15, -0.1) is 0 Å². The molecule has 0 bridgehead atoms. The van der Waals surface area contributed by atoms with Gasteiger partial charge in [0.05, 0.1) is 24.5 Å². The van der Waals surface area contributed by atoms with Gasteiger partial charge in [0.25, 0.3) is 11.7 Å². The highest BCUT2D eigenvalue weighted by molar-refractivity contribution is 6.46. The van der Waals surface area contributed by atoms with E-state index in [1.165, 1.54) is 4.90 Å². The van der Waals surface area contributed by atoms with E-state index in [1.54, 1.807) is 30.7 Å². The number of hydrogen-bond acceptors (Lipinski definition) is 7. The first-order valence-electron chi connectivity index (χ1n) is 13.3. The van der Waals surface area contributed by atoms with E-state index in [2.05, 4.69) is 18.8 Å². The third kappa shape index (κ3) is 5.77. The quantitative estimate of drug-likeness (QED) is 0.232. The van der Waals surface area contributed by atoms with Gasteiger partial charge in [-0.05, 0) is 54.7 Å². The summed E-state index contributed by atoms with van der Waals surface area (Å²) in [6.07, 6.45) is 6.77. The number of likely N-dealkylation sites (tertiary alicyclic amines) is 1. The number of imidazole rings is 1. The van der Waals surface area contributed by atoms with Crippen LogP contribution in [0.5, 0.6) is 17.2 Å². The van der Waals surface area contributed by atoms with Gasteiger partial charge >= 0.3 is 0 Å². The summed E-state index contributed by atoms with van der Waals surface area (Å²) in [6, 6.07) is 11.6. The van der Waals surface area contributed by atoms with E-state index >= 15 is 0 Å². The van der Waals surface area contributed by atoms with Crippen LogP contribution in [0.4, 0.5) is 0 Å². The van der Waals surface area contributed by atoms with Gasteiger partial charge in [0.1, 0.15) is 24.7 Å². The average molecular weight is 532 g/mol. The molecule has 1 fully saturated rings. The lowest BCUT2D eigenvalue weighted by Gasteiger charge is -2.26. The first kappa shape index (κ1) is 26.3. The highest BCUT2D eigenvalue weighted by atomic mass is 16.6. The first-order chi connectivity index (χ1) is 18.9. The molecule has 5 rings (SSSR count). The van der Waals surface area contributed by atoms with Crippen molar-refractivity contribution in [3.05, 3.63) is 77.9 Å². The normalized spacial score (nSPS) is 18.1. The monoisotopic (exact) mass is 531 g/mol. The number of carbonyl (C=O) groups is 2. The molecule has 2 aromatic carbocycles. The van der Waals surface area contributed by atoms with Gasteiger partial charge in [-0.25, -0.2) is 4.98 Å². The van der Waals surface area contributed by atoms with Crippen LogP contribution in [-0.2, 0) is 16.1 Å². The molecule has 1 unspecified atom stereocenters. The largest absolute Gasteiger partial charge is 0.507 e. The fourth-order valence-electron chi connectivity index (χ4n) is 4.83. The molecule has 2 aliphatic heterocycles. The van der Waals surface area contributed by atoms with E-state index in [-0.39, 0.29) is 11.3 Å². The summed E-state index contributed by atoms with van der Waals surface area (Å²) in [5, 5.41) is 11.4. The molecular weight excluding hydrogens is 498 g/mol. The van der Waals surface area contributed by atoms with Crippen molar-refractivity contribution in [2.75, 3.05) is 26.4 Å². The highest BCUT2D eigenvalue weighted by Gasteiger charge is 2.46. The third-order valence-corrected chi connectivity index (χ3v) is 6.87. The zero-order valence-electron chi connectivity index (χ0n) is 22.2. The number of hydrogen-bond donors (Lipinski definition) is 1. The summed E-state index contributed by atoms with van der Waals surface area (Å²) in [7, 11) is 0. The van der Waals surface area contributed by atoms with Crippen LogP contribution in [0, 0.1) is 5.92 Å². The minimum atomic E-state index is -0.769. The van der Waals surface area contributed by atoms with Gasteiger partial charge in [-0.3, -0.25) is 9.59 Å². The Hall–Kier alpha value is -4.27. The van der Waals surface area contributed by atoms with E-state index < -0.39 is 17.7 Å². The molecule has 1 amide bonds.